The molecule has 1 aliphatic heterocycles. The van der Waals surface area contributed by atoms with Crippen LogP contribution in [0, 0.1) is 0 Å². The molecule has 5 rings (SSSR count). The SMILES string of the molecule is Cn1c(-c2ccn(C)c(=O)c2)nnc1N1CCC[C@@H]1c1cc(-c2cccc(Cl)c2)on1. The lowest BCUT2D eigenvalue weighted by atomic mass is 10.1. The van der Waals surface area contributed by atoms with Crippen LogP contribution in [0.15, 0.2) is 58.0 Å². The van der Waals surface area contributed by atoms with Crippen LogP contribution >= 0.6 is 11.6 Å². The fourth-order valence-corrected chi connectivity index (χ4v) is 4.24. The van der Waals surface area contributed by atoms with Gasteiger partial charge in [-0.3, -0.25) is 9.36 Å². The Balaban J connectivity index is 1.46. The first kappa shape index (κ1) is 19.6. The molecular formula is C22H21ClN6O2. The summed E-state index contributed by atoms with van der Waals surface area (Å²) in [5.41, 5.74) is 2.40. The van der Waals surface area contributed by atoms with E-state index >= 15 is 0 Å². The van der Waals surface area contributed by atoms with Gasteiger partial charge in [0.2, 0.25) is 5.95 Å². The van der Waals surface area contributed by atoms with E-state index < -0.39 is 0 Å². The van der Waals surface area contributed by atoms with Crippen LogP contribution in [0.25, 0.3) is 22.7 Å². The molecule has 3 aromatic heterocycles. The van der Waals surface area contributed by atoms with Gasteiger partial charge in [-0.15, -0.1) is 10.2 Å². The van der Waals surface area contributed by atoms with E-state index in [4.69, 9.17) is 16.1 Å². The third-order valence-corrected chi connectivity index (χ3v) is 5.94. The summed E-state index contributed by atoms with van der Waals surface area (Å²) >= 11 is 6.11. The van der Waals surface area contributed by atoms with E-state index in [9.17, 15) is 4.79 Å². The molecule has 0 unspecified atom stereocenters. The van der Waals surface area contributed by atoms with Crippen molar-refractivity contribution in [3.05, 3.63) is 69.7 Å². The molecule has 4 aromatic rings. The van der Waals surface area contributed by atoms with E-state index in [-0.39, 0.29) is 11.6 Å². The van der Waals surface area contributed by atoms with Crippen molar-refractivity contribution in [3.63, 3.8) is 0 Å². The van der Waals surface area contributed by atoms with E-state index in [2.05, 4.69) is 20.3 Å². The van der Waals surface area contributed by atoms with Gasteiger partial charge in [-0.2, -0.15) is 0 Å². The maximum absolute atomic E-state index is 12.0. The molecule has 0 aliphatic carbocycles. The Morgan fingerprint density at radius 1 is 1.10 bits per heavy atom. The largest absolute Gasteiger partial charge is 0.356 e. The van der Waals surface area contributed by atoms with Crippen LogP contribution in [-0.4, -0.2) is 31.0 Å². The molecule has 1 saturated heterocycles. The van der Waals surface area contributed by atoms with Crippen molar-refractivity contribution in [2.75, 3.05) is 11.4 Å². The molecular weight excluding hydrogens is 416 g/mol. The van der Waals surface area contributed by atoms with Crippen LogP contribution in [0.2, 0.25) is 5.02 Å². The quantitative estimate of drug-likeness (QED) is 0.483. The Morgan fingerprint density at radius 3 is 2.77 bits per heavy atom. The average Bonchev–Trinajstić information content (AvgIpc) is 3.49. The van der Waals surface area contributed by atoms with Gasteiger partial charge < -0.3 is 14.0 Å². The predicted octanol–water partition coefficient (Wildman–Crippen LogP) is 3.83. The molecule has 0 bridgehead atoms. The van der Waals surface area contributed by atoms with Crippen LogP contribution in [-0.2, 0) is 14.1 Å². The average molecular weight is 437 g/mol. The van der Waals surface area contributed by atoms with E-state index in [1.54, 1.807) is 19.3 Å². The topological polar surface area (TPSA) is 82.0 Å². The fourth-order valence-electron chi connectivity index (χ4n) is 4.05. The second kappa shape index (κ2) is 7.70. The molecule has 1 aliphatic rings. The maximum Gasteiger partial charge on any atom is 0.250 e. The first-order valence-electron chi connectivity index (χ1n) is 10.1. The zero-order valence-corrected chi connectivity index (χ0v) is 18.0. The van der Waals surface area contributed by atoms with Crippen molar-refractivity contribution in [1.29, 1.82) is 0 Å². The number of nitrogens with zero attached hydrogens (tertiary/aromatic N) is 6. The smallest absolute Gasteiger partial charge is 0.250 e. The molecule has 0 saturated carbocycles. The zero-order valence-electron chi connectivity index (χ0n) is 17.2. The van der Waals surface area contributed by atoms with Crippen molar-refractivity contribution in [1.82, 2.24) is 24.5 Å². The number of aryl methyl sites for hydroxylation is 1. The Bertz CT molecular complexity index is 1310. The van der Waals surface area contributed by atoms with Crippen molar-refractivity contribution in [2.45, 2.75) is 18.9 Å². The summed E-state index contributed by atoms with van der Waals surface area (Å²) in [6, 6.07) is 13.0. The molecule has 1 fully saturated rings. The van der Waals surface area contributed by atoms with Gasteiger partial charge in [0.1, 0.15) is 5.69 Å². The summed E-state index contributed by atoms with van der Waals surface area (Å²) < 4.78 is 9.07. The third-order valence-electron chi connectivity index (χ3n) is 5.70. The normalized spacial score (nSPS) is 16.2. The summed E-state index contributed by atoms with van der Waals surface area (Å²) in [6.45, 7) is 0.840. The highest BCUT2D eigenvalue weighted by Gasteiger charge is 2.32. The monoisotopic (exact) mass is 436 g/mol. The van der Waals surface area contributed by atoms with E-state index in [1.807, 2.05) is 48.0 Å². The van der Waals surface area contributed by atoms with Crippen LogP contribution < -0.4 is 10.5 Å². The number of hydrogen-bond donors (Lipinski definition) is 0. The molecule has 0 N–H and O–H groups in total. The Kier molecular flexibility index (Phi) is 4.86. The van der Waals surface area contributed by atoms with Crippen LogP contribution in [0.1, 0.15) is 24.6 Å². The number of anilines is 1. The Morgan fingerprint density at radius 2 is 1.97 bits per heavy atom. The summed E-state index contributed by atoms with van der Waals surface area (Å²) in [4.78, 5) is 14.2. The van der Waals surface area contributed by atoms with E-state index in [1.165, 1.54) is 4.57 Å². The van der Waals surface area contributed by atoms with Gasteiger partial charge in [-0.05, 0) is 31.0 Å². The molecule has 4 heterocycles. The minimum Gasteiger partial charge on any atom is -0.356 e. The van der Waals surface area contributed by atoms with Gasteiger partial charge in [0, 0.05) is 55.1 Å². The second-order valence-corrected chi connectivity index (χ2v) is 8.16. The third kappa shape index (κ3) is 3.53. The maximum atomic E-state index is 12.0. The molecule has 158 valence electrons. The molecule has 0 radical (unpaired) electrons. The highest BCUT2D eigenvalue weighted by molar-refractivity contribution is 6.30. The van der Waals surface area contributed by atoms with Crippen LogP contribution in [0.4, 0.5) is 5.95 Å². The minimum atomic E-state index is -0.0859. The van der Waals surface area contributed by atoms with Gasteiger partial charge >= 0.3 is 0 Å². The summed E-state index contributed by atoms with van der Waals surface area (Å²) in [5, 5.41) is 13.8. The lowest BCUT2D eigenvalue weighted by Crippen LogP contribution is -2.25. The van der Waals surface area contributed by atoms with E-state index in [0.29, 0.717) is 16.6 Å². The first-order chi connectivity index (χ1) is 15.0. The van der Waals surface area contributed by atoms with Crippen molar-refractivity contribution >= 4 is 17.5 Å². The van der Waals surface area contributed by atoms with Crippen molar-refractivity contribution in [3.8, 4) is 22.7 Å². The van der Waals surface area contributed by atoms with Gasteiger partial charge in [-0.25, -0.2) is 0 Å². The lowest BCUT2D eigenvalue weighted by Gasteiger charge is -2.23. The van der Waals surface area contributed by atoms with Gasteiger partial charge in [0.05, 0.1) is 6.04 Å². The van der Waals surface area contributed by atoms with Gasteiger partial charge in [0.25, 0.3) is 5.56 Å². The molecule has 0 amide bonds. The standard InChI is InChI=1S/C22H21ClN6O2/c1-27-10-8-15(12-20(27)30)21-24-25-22(28(21)2)29-9-4-7-18(29)17-13-19(31-26-17)14-5-3-6-16(23)11-14/h3,5-6,8,10-13,18H,4,7,9H2,1-2H3/t18-/m1/s1. The minimum absolute atomic E-state index is 0.0380. The number of benzene rings is 1. The number of aromatic nitrogens is 5. The first-order valence-corrected chi connectivity index (χ1v) is 10.4. The number of hydrogen-bond acceptors (Lipinski definition) is 6. The van der Waals surface area contributed by atoms with Gasteiger partial charge in [0.15, 0.2) is 11.6 Å². The molecule has 8 nitrogen and oxygen atoms in total. The highest BCUT2D eigenvalue weighted by Crippen LogP contribution is 2.37. The van der Waals surface area contributed by atoms with Crippen molar-refractivity contribution in [2.24, 2.45) is 14.1 Å². The number of rotatable bonds is 4. The molecule has 9 heteroatoms. The second-order valence-electron chi connectivity index (χ2n) is 7.72. The van der Waals surface area contributed by atoms with E-state index in [0.717, 1.165) is 42.2 Å². The van der Waals surface area contributed by atoms with Crippen molar-refractivity contribution < 1.29 is 4.52 Å². The Labute approximate surface area is 183 Å². The summed E-state index contributed by atoms with van der Waals surface area (Å²) in [6.07, 6.45) is 3.69. The summed E-state index contributed by atoms with van der Waals surface area (Å²) in [7, 11) is 3.64. The number of pyridine rings is 1. The van der Waals surface area contributed by atoms with Crippen LogP contribution in [0.3, 0.4) is 0 Å². The highest BCUT2D eigenvalue weighted by atomic mass is 35.5. The van der Waals surface area contributed by atoms with Gasteiger partial charge in [-0.1, -0.05) is 28.9 Å². The zero-order chi connectivity index (χ0) is 21.5. The predicted molar refractivity (Wildman–Crippen MR) is 118 cm³/mol. The molecule has 1 atom stereocenters. The fraction of sp³-hybridized carbons (Fsp3) is 0.273. The molecule has 1 aromatic carbocycles. The molecule has 0 spiro atoms. The number of halogens is 1. The summed E-state index contributed by atoms with van der Waals surface area (Å²) in [5.74, 6) is 2.08. The van der Waals surface area contributed by atoms with Crippen LogP contribution in [0.5, 0.6) is 0 Å². The molecule has 31 heavy (non-hydrogen) atoms. The lowest BCUT2D eigenvalue weighted by molar-refractivity contribution is 0.416. The Hall–Kier alpha value is -3.39.